The molecule has 0 spiro atoms. The van der Waals surface area contributed by atoms with Gasteiger partial charge in [0.1, 0.15) is 0 Å². The summed E-state index contributed by atoms with van der Waals surface area (Å²) in [6.07, 6.45) is 1.87. The monoisotopic (exact) mass is 264 g/mol. The maximum Gasteiger partial charge on any atom is 0.0588 e. The molecule has 17 heavy (non-hydrogen) atoms. The highest BCUT2D eigenvalue weighted by Gasteiger charge is 2.07. The minimum atomic E-state index is 0.0650. The van der Waals surface area contributed by atoms with Gasteiger partial charge in [-0.15, -0.1) is 11.6 Å². The van der Waals surface area contributed by atoms with Gasteiger partial charge >= 0.3 is 0 Å². The predicted molar refractivity (Wildman–Crippen MR) is 74.8 cm³/mol. The molecule has 2 rings (SSSR count). The molecule has 2 heteroatoms. The summed E-state index contributed by atoms with van der Waals surface area (Å²) in [5, 5.41) is 0.850. The maximum atomic E-state index is 6.36. The van der Waals surface area contributed by atoms with Crippen molar-refractivity contribution in [1.29, 1.82) is 0 Å². The van der Waals surface area contributed by atoms with Crippen LogP contribution in [0, 0.1) is 0 Å². The topological polar surface area (TPSA) is 0 Å². The molecule has 0 amide bonds. The van der Waals surface area contributed by atoms with Crippen molar-refractivity contribution in [3.63, 3.8) is 0 Å². The summed E-state index contributed by atoms with van der Waals surface area (Å²) in [5.74, 6) is 0. The fourth-order valence-corrected chi connectivity index (χ4v) is 2.28. The number of benzene rings is 2. The average Bonchev–Trinajstić information content (AvgIpc) is 2.37. The highest BCUT2D eigenvalue weighted by atomic mass is 35.5. The van der Waals surface area contributed by atoms with E-state index in [0.29, 0.717) is 0 Å². The summed E-state index contributed by atoms with van der Waals surface area (Å²) < 4.78 is 0. The van der Waals surface area contributed by atoms with Gasteiger partial charge in [-0.25, -0.2) is 0 Å². The number of aryl methyl sites for hydroxylation is 1. The van der Waals surface area contributed by atoms with Crippen molar-refractivity contribution in [3.05, 3.63) is 70.7 Å². The highest BCUT2D eigenvalue weighted by Crippen LogP contribution is 2.26. The molecule has 0 aliphatic rings. The van der Waals surface area contributed by atoms with E-state index in [4.69, 9.17) is 23.2 Å². The number of hydrogen-bond acceptors (Lipinski definition) is 0. The normalized spacial score (nSPS) is 12.4. The molecule has 2 aromatic carbocycles. The van der Waals surface area contributed by atoms with Crippen LogP contribution in [0.25, 0.3) is 0 Å². The predicted octanol–water partition coefficient (Wildman–Crippen LogP) is 5.25. The fourth-order valence-electron chi connectivity index (χ4n) is 1.81. The van der Waals surface area contributed by atoms with Crippen LogP contribution in [-0.4, -0.2) is 0 Å². The lowest BCUT2D eigenvalue weighted by atomic mass is 10.0. The lowest BCUT2D eigenvalue weighted by Crippen LogP contribution is -1.93. The third-order valence-electron chi connectivity index (χ3n) is 2.74. The molecule has 88 valence electrons. The van der Waals surface area contributed by atoms with Crippen LogP contribution in [-0.2, 0) is 6.42 Å². The Hall–Kier alpha value is -0.980. The fraction of sp³-hybridized carbons (Fsp3) is 0.200. The van der Waals surface area contributed by atoms with Gasteiger partial charge in [-0.05, 0) is 36.1 Å². The third-order valence-corrected chi connectivity index (χ3v) is 3.44. The first kappa shape index (κ1) is 12.5. The second-order valence-electron chi connectivity index (χ2n) is 4.05. The first-order valence-electron chi connectivity index (χ1n) is 5.69. The van der Waals surface area contributed by atoms with E-state index < -0.39 is 0 Å². The summed E-state index contributed by atoms with van der Waals surface area (Å²) >= 11 is 12.3. The Morgan fingerprint density at radius 2 is 1.71 bits per heavy atom. The Balaban J connectivity index is 1.95. The van der Waals surface area contributed by atoms with Gasteiger partial charge in [0.25, 0.3) is 0 Å². The maximum absolute atomic E-state index is 6.36. The first-order valence-corrected chi connectivity index (χ1v) is 6.50. The molecule has 1 atom stereocenters. The summed E-state index contributed by atoms with van der Waals surface area (Å²) in [7, 11) is 0. The molecule has 0 fully saturated rings. The average molecular weight is 265 g/mol. The third kappa shape index (κ3) is 3.76. The standard InChI is InChI=1S/C15H14Cl2/c16-14-8-4-5-12(11-14)9-10-15(17)13-6-2-1-3-7-13/h1-8,11,15H,9-10H2. The van der Waals surface area contributed by atoms with Gasteiger partial charge in [0, 0.05) is 5.02 Å². The van der Waals surface area contributed by atoms with Gasteiger partial charge < -0.3 is 0 Å². The zero-order valence-electron chi connectivity index (χ0n) is 9.44. The Morgan fingerprint density at radius 3 is 2.41 bits per heavy atom. The first-order chi connectivity index (χ1) is 8.25. The van der Waals surface area contributed by atoms with Crippen molar-refractivity contribution in [2.45, 2.75) is 18.2 Å². The molecule has 0 saturated carbocycles. The van der Waals surface area contributed by atoms with Crippen LogP contribution in [0.15, 0.2) is 54.6 Å². The van der Waals surface area contributed by atoms with Crippen LogP contribution < -0.4 is 0 Å². The molecule has 0 aliphatic heterocycles. The molecule has 0 aliphatic carbocycles. The van der Waals surface area contributed by atoms with Crippen molar-refractivity contribution in [2.24, 2.45) is 0 Å². The molecule has 0 bridgehead atoms. The highest BCUT2D eigenvalue weighted by molar-refractivity contribution is 6.30. The minimum absolute atomic E-state index is 0.0650. The molecule has 2 aromatic rings. The molecular formula is C15H14Cl2. The van der Waals surface area contributed by atoms with E-state index in [0.717, 1.165) is 17.9 Å². The van der Waals surface area contributed by atoms with Gasteiger partial charge in [0.2, 0.25) is 0 Å². The van der Waals surface area contributed by atoms with Crippen molar-refractivity contribution in [2.75, 3.05) is 0 Å². The molecule has 0 radical (unpaired) electrons. The van der Waals surface area contributed by atoms with Crippen molar-refractivity contribution < 1.29 is 0 Å². The van der Waals surface area contributed by atoms with Crippen LogP contribution in [0.1, 0.15) is 22.9 Å². The summed E-state index contributed by atoms with van der Waals surface area (Å²) in [6, 6.07) is 18.1. The molecule has 0 aromatic heterocycles. The lowest BCUT2D eigenvalue weighted by molar-refractivity contribution is 0.794. The number of halogens is 2. The van der Waals surface area contributed by atoms with Crippen LogP contribution >= 0.6 is 23.2 Å². The summed E-state index contributed by atoms with van der Waals surface area (Å²) in [6.45, 7) is 0. The van der Waals surface area contributed by atoms with Gasteiger partial charge in [-0.3, -0.25) is 0 Å². The van der Waals surface area contributed by atoms with Crippen LogP contribution in [0.3, 0.4) is 0 Å². The smallest absolute Gasteiger partial charge is 0.0588 e. The summed E-state index contributed by atoms with van der Waals surface area (Å²) in [4.78, 5) is 0. The lowest BCUT2D eigenvalue weighted by Gasteiger charge is -2.09. The van der Waals surface area contributed by atoms with Gasteiger partial charge in [0.05, 0.1) is 5.38 Å². The van der Waals surface area contributed by atoms with Crippen LogP contribution in [0.5, 0.6) is 0 Å². The van der Waals surface area contributed by atoms with E-state index in [9.17, 15) is 0 Å². The Labute approximate surface area is 112 Å². The Bertz CT molecular complexity index is 465. The largest absolute Gasteiger partial charge is 0.118 e. The van der Waals surface area contributed by atoms with Gasteiger partial charge in [-0.1, -0.05) is 54.1 Å². The van der Waals surface area contributed by atoms with E-state index in [2.05, 4.69) is 18.2 Å². The van der Waals surface area contributed by atoms with Crippen LogP contribution in [0.2, 0.25) is 5.02 Å². The zero-order valence-corrected chi connectivity index (χ0v) is 11.0. The minimum Gasteiger partial charge on any atom is -0.118 e. The molecule has 0 N–H and O–H groups in total. The van der Waals surface area contributed by atoms with Gasteiger partial charge in [-0.2, -0.15) is 0 Å². The van der Waals surface area contributed by atoms with E-state index in [1.807, 2.05) is 36.4 Å². The number of rotatable bonds is 4. The Kier molecular flexibility index (Phi) is 4.47. The molecule has 1 unspecified atom stereocenters. The molecule has 0 saturated heterocycles. The molecule has 0 heterocycles. The van der Waals surface area contributed by atoms with E-state index in [-0.39, 0.29) is 5.38 Å². The zero-order chi connectivity index (χ0) is 12.1. The Morgan fingerprint density at radius 1 is 0.941 bits per heavy atom. The number of alkyl halides is 1. The van der Waals surface area contributed by atoms with Crippen LogP contribution in [0.4, 0.5) is 0 Å². The number of hydrogen-bond donors (Lipinski definition) is 0. The van der Waals surface area contributed by atoms with E-state index in [1.165, 1.54) is 11.1 Å². The second kappa shape index (κ2) is 6.09. The second-order valence-corrected chi connectivity index (χ2v) is 5.01. The van der Waals surface area contributed by atoms with Crippen molar-refractivity contribution >= 4 is 23.2 Å². The summed E-state index contributed by atoms with van der Waals surface area (Å²) in [5.41, 5.74) is 2.41. The SMILES string of the molecule is Clc1cccc(CCC(Cl)c2ccccc2)c1. The quantitative estimate of drug-likeness (QED) is 0.662. The van der Waals surface area contributed by atoms with Gasteiger partial charge in [0.15, 0.2) is 0 Å². The van der Waals surface area contributed by atoms with Crippen molar-refractivity contribution in [1.82, 2.24) is 0 Å². The molecule has 0 nitrogen and oxygen atoms in total. The van der Waals surface area contributed by atoms with Crippen molar-refractivity contribution in [3.8, 4) is 0 Å². The van der Waals surface area contributed by atoms with E-state index >= 15 is 0 Å². The van der Waals surface area contributed by atoms with E-state index in [1.54, 1.807) is 0 Å². The molecular weight excluding hydrogens is 251 g/mol.